The number of hydrogen-bond acceptors (Lipinski definition) is 6. The molecule has 0 saturated heterocycles. The molecule has 152 valence electrons. The summed E-state index contributed by atoms with van der Waals surface area (Å²) in [6, 6.07) is 5.78. The number of carbonyl (C=O) groups excluding carboxylic acids is 1. The van der Waals surface area contributed by atoms with E-state index in [9.17, 15) is 18.0 Å². The average molecular weight is 405 g/mol. The number of rotatable bonds is 8. The summed E-state index contributed by atoms with van der Waals surface area (Å²) in [5.74, 6) is -0.125. The molecule has 0 radical (unpaired) electrons. The number of carbonyl (C=O) groups is 1. The van der Waals surface area contributed by atoms with Gasteiger partial charge in [0, 0.05) is 36.5 Å². The highest BCUT2D eigenvalue weighted by Gasteiger charge is 2.21. The summed E-state index contributed by atoms with van der Waals surface area (Å²) in [6.45, 7) is -1.39. The molecule has 0 bridgehead atoms. The molecule has 29 heavy (non-hydrogen) atoms. The normalized spacial score (nSPS) is 11.0. The molecular formula is C19H18F3N5O2. The van der Waals surface area contributed by atoms with Crippen LogP contribution < -0.4 is 10.1 Å². The molecule has 0 spiro atoms. The van der Waals surface area contributed by atoms with Crippen LogP contribution in [0, 0.1) is 12.7 Å². The highest BCUT2D eigenvalue weighted by atomic mass is 19.3. The highest BCUT2D eigenvalue weighted by Crippen LogP contribution is 2.30. The number of alkyl halides is 2. The number of aryl methyl sites for hydroxylation is 1. The molecule has 0 aliphatic heterocycles. The molecule has 0 aliphatic rings. The maximum absolute atomic E-state index is 14.5. The Morgan fingerprint density at radius 3 is 2.79 bits per heavy atom. The van der Waals surface area contributed by atoms with Crippen molar-refractivity contribution in [2.45, 2.75) is 19.9 Å². The van der Waals surface area contributed by atoms with Crippen molar-refractivity contribution in [2.24, 2.45) is 0 Å². The fraction of sp³-hybridized carbons (Fsp3) is 0.263. The first-order chi connectivity index (χ1) is 13.9. The van der Waals surface area contributed by atoms with Gasteiger partial charge in [-0.1, -0.05) is 6.07 Å². The molecule has 0 amide bonds. The SMILES string of the molecule is CNc1nc(C)cc(-c2nn(C(F)F)cc2Cc2c(F)cccc2OCC=O)n1. The first-order valence-electron chi connectivity index (χ1n) is 8.66. The van der Waals surface area contributed by atoms with Gasteiger partial charge in [0.05, 0.1) is 5.69 Å². The highest BCUT2D eigenvalue weighted by molar-refractivity contribution is 5.61. The molecule has 0 fully saturated rings. The fourth-order valence-electron chi connectivity index (χ4n) is 2.84. The Labute approximate surface area is 164 Å². The number of anilines is 1. The predicted octanol–water partition coefficient (Wildman–Crippen LogP) is 3.39. The molecular weight excluding hydrogens is 387 g/mol. The molecule has 3 rings (SSSR count). The number of ether oxygens (including phenoxy) is 1. The van der Waals surface area contributed by atoms with Crippen LogP contribution in [0.25, 0.3) is 11.4 Å². The lowest BCUT2D eigenvalue weighted by Gasteiger charge is -2.11. The minimum absolute atomic E-state index is 0.0825. The number of nitrogens with one attached hydrogen (secondary N) is 1. The molecule has 0 aliphatic carbocycles. The van der Waals surface area contributed by atoms with Crippen LogP contribution in [0.5, 0.6) is 5.75 Å². The zero-order valence-electron chi connectivity index (χ0n) is 15.7. The van der Waals surface area contributed by atoms with Crippen LogP contribution in [0.1, 0.15) is 23.4 Å². The minimum atomic E-state index is -2.87. The van der Waals surface area contributed by atoms with Crippen LogP contribution in [-0.2, 0) is 11.2 Å². The first-order valence-corrected chi connectivity index (χ1v) is 8.66. The summed E-state index contributed by atoms with van der Waals surface area (Å²) in [6.07, 6.45) is 1.60. The maximum atomic E-state index is 14.5. The maximum Gasteiger partial charge on any atom is 0.333 e. The minimum Gasteiger partial charge on any atom is -0.486 e. The Bertz CT molecular complexity index is 1020. The van der Waals surface area contributed by atoms with E-state index in [0.717, 1.165) is 6.20 Å². The van der Waals surface area contributed by atoms with E-state index in [1.807, 2.05) is 0 Å². The Kier molecular flexibility index (Phi) is 6.10. The predicted molar refractivity (Wildman–Crippen MR) is 99.6 cm³/mol. The smallest absolute Gasteiger partial charge is 0.333 e. The Morgan fingerprint density at radius 1 is 1.31 bits per heavy atom. The Morgan fingerprint density at radius 2 is 2.10 bits per heavy atom. The van der Waals surface area contributed by atoms with E-state index in [0.29, 0.717) is 33.9 Å². The molecule has 2 aromatic heterocycles. The van der Waals surface area contributed by atoms with Gasteiger partial charge in [-0.05, 0) is 25.1 Å². The lowest BCUT2D eigenvalue weighted by atomic mass is 10.0. The number of aromatic nitrogens is 4. The lowest BCUT2D eigenvalue weighted by Crippen LogP contribution is -2.04. The monoisotopic (exact) mass is 405 g/mol. The number of benzene rings is 1. The largest absolute Gasteiger partial charge is 0.486 e. The van der Waals surface area contributed by atoms with E-state index in [-0.39, 0.29) is 30.0 Å². The van der Waals surface area contributed by atoms with Gasteiger partial charge in [0.2, 0.25) is 5.95 Å². The van der Waals surface area contributed by atoms with Crippen LogP contribution in [0.2, 0.25) is 0 Å². The third-order valence-corrected chi connectivity index (χ3v) is 4.08. The molecule has 0 atom stereocenters. The number of nitrogens with zero attached hydrogens (tertiary/aromatic N) is 4. The van der Waals surface area contributed by atoms with Gasteiger partial charge >= 0.3 is 6.55 Å². The van der Waals surface area contributed by atoms with Crippen molar-refractivity contribution >= 4 is 12.2 Å². The van der Waals surface area contributed by atoms with E-state index in [2.05, 4.69) is 20.4 Å². The summed E-state index contributed by atoms with van der Waals surface area (Å²) in [7, 11) is 1.63. The summed E-state index contributed by atoms with van der Waals surface area (Å²) < 4.78 is 46.8. The van der Waals surface area contributed by atoms with Crippen LogP contribution >= 0.6 is 0 Å². The number of halogens is 3. The zero-order valence-corrected chi connectivity index (χ0v) is 15.7. The van der Waals surface area contributed by atoms with Crippen molar-refractivity contribution in [1.82, 2.24) is 19.7 Å². The van der Waals surface area contributed by atoms with Crippen LogP contribution in [-0.4, -0.2) is 39.7 Å². The zero-order chi connectivity index (χ0) is 21.0. The van der Waals surface area contributed by atoms with Crippen molar-refractivity contribution in [1.29, 1.82) is 0 Å². The quantitative estimate of drug-likeness (QED) is 0.579. The summed E-state index contributed by atoms with van der Waals surface area (Å²) in [4.78, 5) is 19.1. The molecule has 0 unspecified atom stereocenters. The van der Waals surface area contributed by atoms with Gasteiger partial charge in [-0.2, -0.15) is 13.9 Å². The van der Waals surface area contributed by atoms with Gasteiger partial charge in [-0.3, -0.25) is 4.79 Å². The molecule has 1 N–H and O–H groups in total. The molecule has 3 aromatic rings. The van der Waals surface area contributed by atoms with Crippen LogP contribution in [0.4, 0.5) is 19.1 Å². The summed E-state index contributed by atoms with van der Waals surface area (Å²) >= 11 is 0. The van der Waals surface area contributed by atoms with Gasteiger partial charge < -0.3 is 10.1 Å². The van der Waals surface area contributed by atoms with E-state index in [1.165, 1.54) is 18.2 Å². The fourth-order valence-corrected chi connectivity index (χ4v) is 2.84. The first kappa shape index (κ1) is 20.3. The number of hydrogen-bond donors (Lipinski definition) is 1. The molecule has 2 heterocycles. The Hall–Kier alpha value is -3.43. The molecule has 1 aromatic carbocycles. The second-order valence-corrected chi connectivity index (χ2v) is 6.10. The van der Waals surface area contributed by atoms with E-state index in [4.69, 9.17) is 4.74 Å². The van der Waals surface area contributed by atoms with Crippen molar-refractivity contribution in [3.8, 4) is 17.1 Å². The molecule has 10 heteroatoms. The van der Waals surface area contributed by atoms with E-state index in [1.54, 1.807) is 20.0 Å². The van der Waals surface area contributed by atoms with Gasteiger partial charge in [-0.15, -0.1) is 0 Å². The standard InChI is InChI=1S/C19H18F3N5O2/c1-11-8-15(25-19(23-2)24-11)17-12(10-27(26-17)18(21)22)9-13-14(20)4-3-5-16(13)29-7-6-28/h3-6,8,10,18H,7,9H2,1-2H3,(H,23,24,25). The third kappa shape index (κ3) is 4.53. The van der Waals surface area contributed by atoms with Crippen LogP contribution in [0.3, 0.4) is 0 Å². The van der Waals surface area contributed by atoms with E-state index >= 15 is 0 Å². The summed E-state index contributed by atoms with van der Waals surface area (Å²) in [5, 5.41) is 6.74. The lowest BCUT2D eigenvalue weighted by molar-refractivity contribution is -0.109. The van der Waals surface area contributed by atoms with E-state index < -0.39 is 12.4 Å². The van der Waals surface area contributed by atoms with Crippen molar-refractivity contribution < 1.29 is 22.7 Å². The number of aldehydes is 1. The molecule has 0 saturated carbocycles. The van der Waals surface area contributed by atoms with Gasteiger partial charge in [0.1, 0.15) is 23.9 Å². The second-order valence-electron chi connectivity index (χ2n) is 6.10. The third-order valence-electron chi connectivity index (χ3n) is 4.08. The van der Waals surface area contributed by atoms with Crippen LogP contribution in [0.15, 0.2) is 30.5 Å². The Balaban J connectivity index is 2.09. The van der Waals surface area contributed by atoms with Crippen molar-refractivity contribution in [3.05, 3.63) is 53.1 Å². The van der Waals surface area contributed by atoms with Crippen molar-refractivity contribution in [2.75, 3.05) is 19.0 Å². The second kappa shape index (κ2) is 8.72. The van der Waals surface area contributed by atoms with Gasteiger partial charge in [0.15, 0.2) is 6.29 Å². The van der Waals surface area contributed by atoms with Crippen molar-refractivity contribution in [3.63, 3.8) is 0 Å². The average Bonchev–Trinajstić information content (AvgIpc) is 3.12. The topological polar surface area (TPSA) is 81.9 Å². The van der Waals surface area contributed by atoms with Gasteiger partial charge in [0.25, 0.3) is 0 Å². The summed E-state index contributed by atoms with van der Waals surface area (Å²) in [5.41, 5.74) is 1.56. The molecule has 7 nitrogen and oxygen atoms in total. The van der Waals surface area contributed by atoms with Gasteiger partial charge in [-0.25, -0.2) is 19.0 Å².